The van der Waals surface area contributed by atoms with Crippen LogP contribution in [-0.2, 0) is 14.3 Å². The summed E-state index contributed by atoms with van der Waals surface area (Å²) in [6.07, 6.45) is 3.30. The van der Waals surface area contributed by atoms with Gasteiger partial charge in [-0.05, 0) is 19.3 Å². The molecule has 3 heteroatoms. The van der Waals surface area contributed by atoms with Crippen LogP contribution in [0.15, 0.2) is 0 Å². The van der Waals surface area contributed by atoms with Crippen molar-refractivity contribution in [2.45, 2.75) is 51.4 Å². The standard InChI is InChI=1S/C10H16O3/c1-3-10(4-2)6-7-5-8(11)12-9(7)13-10/h7,9H,3-6H2,1-2H3/t7-,9+/m0/s1. The Morgan fingerprint density at radius 3 is 2.69 bits per heavy atom. The molecular weight excluding hydrogens is 168 g/mol. The number of hydrogen-bond acceptors (Lipinski definition) is 3. The van der Waals surface area contributed by atoms with Gasteiger partial charge >= 0.3 is 5.97 Å². The second-order valence-corrected chi connectivity index (χ2v) is 4.03. The molecule has 2 saturated heterocycles. The molecule has 74 valence electrons. The number of ether oxygens (including phenoxy) is 2. The monoisotopic (exact) mass is 184 g/mol. The minimum Gasteiger partial charge on any atom is -0.435 e. The van der Waals surface area contributed by atoms with Gasteiger partial charge in [-0.25, -0.2) is 0 Å². The van der Waals surface area contributed by atoms with Crippen LogP contribution < -0.4 is 0 Å². The number of rotatable bonds is 2. The van der Waals surface area contributed by atoms with Gasteiger partial charge < -0.3 is 9.47 Å². The van der Waals surface area contributed by atoms with Crippen molar-refractivity contribution in [2.75, 3.05) is 0 Å². The minimum absolute atomic E-state index is 0.0178. The predicted molar refractivity (Wildman–Crippen MR) is 47.0 cm³/mol. The molecule has 0 amide bonds. The van der Waals surface area contributed by atoms with Crippen molar-refractivity contribution in [1.82, 2.24) is 0 Å². The quantitative estimate of drug-likeness (QED) is 0.614. The molecule has 2 aliphatic rings. The van der Waals surface area contributed by atoms with Crippen LogP contribution >= 0.6 is 0 Å². The summed E-state index contributed by atoms with van der Waals surface area (Å²) in [6.45, 7) is 4.26. The largest absolute Gasteiger partial charge is 0.435 e. The lowest BCUT2D eigenvalue weighted by Gasteiger charge is -2.26. The van der Waals surface area contributed by atoms with E-state index in [1.54, 1.807) is 0 Å². The Kier molecular flexibility index (Phi) is 2.06. The molecule has 13 heavy (non-hydrogen) atoms. The average molecular weight is 184 g/mol. The van der Waals surface area contributed by atoms with E-state index in [2.05, 4.69) is 13.8 Å². The summed E-state index contributed by atoms with van der Waals surface area (Å²) in [5, 5.41) is 0. The second-order valence-electron chi connectivity index (χ2n) is 4.03. The highest BCUT2D eigenvalue weighted by atomic mass is 16.7. The van der Waals surface area contributed by atoms with Crippen molar-refractivity contribution in [3.05, 3.63) is 0 Å². The Labute approximate surface area is 78.4 Å². The van der Waals surface area contributed by atoms with E-state index in [0.717, 1.165) is 19.3 Å². The third-order valence-corrected chi connectivity index (χ3v) is 3.35. The predicted octanol–water partition coefficient (Wildman–Crippen LogP) is 1.85. The maximum absolute atomic E-state index is 10.9. The summed E-state index contributed by atoms with van der Waals surface area (Å²) in [4.78, 5) is 10.9. The normalized spacial score (nSPS) is 36.0. The zero-order chi connectivity index (χ0) is 9.47. The maximum Gasteiger partial charge on any atom is 0.308 e. The second kappa shape index (κ2) is 2.98. The zero-order valence-corrected chi connectivity index (χ0v) is 8.21. The lowest BCUT2D eigenvalue weighted by atomic mass is 9.88. The Hall–Kier alpha value is -0.570. The van der Waals surface area contributed by atoms with Gasteiger partial charge in [-0.3, -0.25) is 4.79 Å². The summed E-state index contributed by atoms with van der Waals surface area (Å²) in [6, 6.07) is 0. The molecule has 2 fully saturated rings. The molecular formula is C10H16O3. The van der Waals surface area contributed by atoms with Gasteiger partial charge in [-0.2, -0.15) is 0 Å². The molecule has 0 N–H and O–H groups in total. The molecule has 0 radical (unpaired) electrons. The number of carbonyl (C=O) groups is 1. The van der Waals surface area contributed by atoms with Crippen LogP contribution in [0, 0.1) is 5.92 Å². The summed E-state index contributed by atoms with van der Waals surface area (Å²) in [5.41, 5.74) is -0.0178. The zero-order valence-electron chi connectivity index (χ0n) is 8.21. The minimum atomic E-state index is -0.243. The molecule has 2 rings (SSSR count). The SMILES string of the molecule is CCC1(CC)C[C@@H]2CC(=O)O[C@@H]2O1. The molecule has 2 atom stereocenters. The first-order valence-electron chi connectivity index (χ1n) is 5.06. The molecule has 0 spiro atoms. The first-order valence-corrected chi connectivity index (χ1v) is 5.06. The van der Waals surface area contributed by atoms with E-state index in [-0.39, 0.29) is 17.9 Å². The van der Waals surface area contributed by atoms with Gasteiger partial charge in [0, 0.05) is 5.92 Å². The van der Waals surface area contributed by atoms with Gasteiger partial charge in [0.2, 0.25) is 6.29 Å². The average Bonchev–Trinajstić information content (AvgIpc) is 2.59. The van der Waals surface area contributed by atoms with E-state index in [4.69, 9.17) is 9.47 Å². The smallest absolute Gasteiger partial charge is 0.308 e. The van der Waals surface area contributed by atoms with E-state index in [1.807, 2.05) is 0 Å². The Bertz CT molecular complexity index is 202. The highest BCUT2D eigenvalue weighted by molar-refractivity contribution is 5.72. The molecule has 0 aromatic heterocycles. The molecule has 2 aliphatic heterocycles. The van der Waals surface area contributed by atoms with Crippen LogP contribution in [0.1, 0.15) is 39.5 Å². The number of fused-ring (bicyclic) bond motifs is 1. The molecule has 2 heterocycles. The van der Waals surface area contributed by atoms with Crippen molar-refractivity contribution in [2.24, 2.45) is 5.92 Å². The molecule has 0 saturated carbocycles. The first kappa shape index (κ1) is 9.00. The van der Waals surface area contributed by atoms with Gasteiger partial charge in [-0.1, -0.05) is 13.8 Å². The van der Waals surface area contributed by atoms with Gasteiger partial charge in [0.05, 0.1) is 12.0 Å². The van der Waals surface area contributed by atoms with Crippen LogP contribution in [-0.4, -0.2) is 17.9 Å². The lowest BCUT2D eigenvalue weighted by molar-refractivity contribution is -0.178. The molecule has 0 unspecified atom stereocenters. The van der Waals surface area contributed by atoms with E-state index >= 15 is 0 Å². The van der Waals surface area contributed by atoms with E-state index < -0.39 is 0 Å². The molecule has 0 aliphatic carbocycles. The van der Waals surface area contributed by atoms with E-state index in [1.165, 1.54) is 0 Å². The molecule has 0 aromatic carbocycles. The van der Waals surface area contributed by atoms with Crippen molar-refractivity contribution in [3.8, 4) is 0 Å². The van der Waals surface area contributed by atoms with Gasteiger partial charge in [0.1, 0.15) is 0 Å². The highest BCUT2D eigenvalue weighted by Crippen LogP contribution is 2.44. The Balaban J connectivity index is 2.07. The van der Waals surface area contributed by atoms with Gasteiger partial charge in [-0.15, -0.1) is 0 Å². The number of hydrogen-bond donors (Lipinski definition) is 0. The molecule has 0 aromatic rings. The third kappa shape index (κ3) is 1.35. The Morgan fingerprint density at radius 2 is 2.15 bits per heavy atom. The fourth-order valence-electron chi connectivity index (χ4n) is 2.35. The van der Waals surface area contributed by atoms with Crippen LogP contribution in [0.3, 0.4) is 0 Å². The summed E-state index contributed by atoms with van der Waals surface area (Å²) >= 11 is 0. The lowest BCUT2D eigenvalue weighted by Crippen LogP contribution is -2.28. The summed E-state index contributed by atoms with van der Waals surface area (Å²) < 4.78 is 10.9. The summed E-state index contributed by atoms with van der Waals surface area (Å²) in [7, 11) is 0. The van der Waals surface area contributed by atoms with Crippen LogP contribution in [0.2, 0.25) is 0 Å². The van der Waals surface area contributed by atoms with E-state index in [9.17, 15) is 4.79 Å². The number of esters is 1. The fraction of sp³-hybridized carbons (Fsp3) is 0.900. The fourth-order valence-corrected chi connectivity index (χ4v) is 2.35. The van der Waals surface area contributed by atoms with Crippen molar-refractivity contribution in [1.29, 1.82) is 0 Å². The van der Waals surface area contributed by atoms with Crippen LogP contribution in [0.5, 0.6) is 0 Å². The van der Waals surface area contributed by atoms with Gasteiger partial charge in [0.25, 0.3) is 0 Å². The Morgan fingerprint density at radius 1 is 1.46 bits per heavy atom. The maximum atomic E-state index is 10.9. The topological polar surface area (TPSA) is 35.5 Å². The number of carbonyl (C=O) groups excluding carboxylic acids is 1. The van der Waals surface area contributed by atoms with Gasteiger partial charge in [0.15, 0.2) is 0 Å². The molecule has 0 bridgehead atoms. The highest BCUT2D eigenvalue weighted by Gasteiger charge is 2.50. The van der Waals surface area contributed by atoms with Crippen LogP contribution in [0.4, 0.5) is 0 Å². The van der Waals surface area contributed by atoms with Crippen molar-refractivity contribution < 1.29 is 14.3 Å². The van der Waals surface area contributed by atoms with E-state index in [0.29, 0.717) is 12.3 Å². The molecule has 3 nitrogen and oxygen atoms in total. The van der Waals surface area contributed by atoms with Crippen LogP contribution in [0.25, 0.3) is 0 Å². The van der Waals surface area contributed by atoms with Crippen molar-refractivity contribution >= 4 is 5.97 Å². The first-order chi connectivity index (χ1) is 6.19. The summed E-state index contributed by atoms with van der Waals surface area (Å²) in [5.74, 6) is 0.211. The third-order valence-electron chi connectivity index (χ3n) is 3.35. The van der Waals surface area contributed by atoms with Crippen molar-refractivity contribution in [3.63, 3.8) is 0 Å².